The van der Waals surface area contributed by atoms with Crippen LogP contribution in [0.5, 0.6) is 0 Å². The number of hydrogen-bond donors (Lipinski definition) is 2. The second-order valence-corrected chi connectivity index (χ2v) is 7.58. The summed E-state index contributed by atoms with van der Waals surface area (Å²) in [6, 6.07) is 0.189. The predicted molar refractivity (Wildman–Crippen MR) is 122 cm³/mol. The van der Waals surface area contributed by atoms with Gasteiger partial charge >= 0.3 is 0 Å². The third kappa shape index (κ3) is 6.55. The maximum absolute atomic E-state index is 5.18. The van der Waals surface area contributed by atoms with Crippen LogP contribution < -0.4 is 10.6 Å². The smallest absolute Gasteiger partial charge is 0.191 e. The third-order valence-corrected chi connectivity index (χ3v) is 5.46. The van der Waals surface area contributed by atoms with Gasteiger partial charge in [-0.1, -0.05) is 0 Å². The standard InChI is InChI=1S/C19H35N7O.HI/c1-4-20-19(21-14-16-7-10-25(11-8-16)12-13-27-3)23-17-6-5-9-26-18(17)22-15(2)24-26;/h16-17H,4-14H2,1-3H3,(H2,20,21,23);1H. The number of methoxy groups -OCH3 is 1. The molecule has 3 heterocycles. The maximum Gasteiger partial charge on any atom is 0.191 e. The van der Waals surface area contributed by atoms with Gasteiger partial charge < -0.3 is 20.3 Å². The number of aliphatic imine (C=N–C) groups is 1. The van der Waals surface area contributed by atoms with Crippen molar-refractivity contribution in [3.05, 3.63) is 11.6 Å². The van der Waals surface area contributed by atoms with Gasteiger partial charge in [-0.25, -0.2) is 9.67 Å². The number of nitrogens with one attached hydrogen (secondary N) is 2. The summed E-state index contributed by atoms with van der Waals surface area (Å²) in [6.45, 7) is 10.9. The fourth-order valence-electron chi connectivity index (χ4n) is 3.92. The quantitative estimate of drug-likeness (QED) is 0.335. The lowest BCUT2D eigenvalue weighted by Gasteiger charge is -2.31. The summed E-state index contributed by atoms with van der Waals surface area (Å²) < 4.78 is 7.22. The molecule has 0 amide bonds. The molecule has 1 saturated heterocycles. The highest BCUT2D eigenvalue weighted by molar-refractivity contribution is 14.0. The number of piperidine rings is 1. The van der Waals surface area contributed by atoms with Gasteiger partial charge in [0.05, 0.1) is 12.6 Å². The number of fused-ring (bicyclic) bond motifs is 1. The molecule has 1 atom stereocenters. The summed E-state index contributed by atoms with van der Waals surface area (Å²) in [5.41, 5.74) is 0. The Hall–Kier alpha value is -0.940. The molecule has 0 spiro atoms. The van der Waals surface area contributed by atoms with Crippen LogP contribution in [0, 0.1) is 12.8 Å². The van der Waals surface area contributed by atoms with Crippen molar-refractivity contribution < 1.29 is 4.74 Å². The monoisotopic (exact) mass is 505 g/mol. The zero-order chi connectivity index (χ0) is 19.1. The van der Waals surface area contributed by atoms with E-state index in [9.17, 15) is 0 Å². The Morgan fingerprint density at radius 2 is 2.04 bits per heavy atom. The highest BCUT2D eigenvalue weighted by Gasteiger charge is 2.25. The van der Waals surface area contributed by atoms with Crippen molar-refractivity contribution in [3.63, 3.8) is 0 Å². The number of halogens is 1. The lowest BCUT2D eigenvalue weighted by molar-refractivity contribution is 0.121. The summed E-state index contributed by atoms with van der Waals surface area (Å²) in [4.78, 5) is 12.0. The highest BCUT2D eigenvalue weighted by Crippen LogP contribution is 2.23. The molecule has 0 aliphatic carbocycles. The first kappa shape index (κ1) is 23.3. The molecule has 2 N–H and O–H groups in total. The molecule has 0 saturated carbocycles. The van der Waals surface area contributed by atoms with Gasteiger partial charge in [-0.15, -0.1) is 24.0 Å². The molecule has 2 aliphatic heterocycles. The first-order chi connectivity index (χ1) is 13.2. The molecular weight excluding hydrogens is 469 g/mol. The minimum absolute atomic E-state index is 0. The largest absolute Gasteiger partial charge is 0.383 e. The molecule has 1 aromatic heterocycles. The van der Waals surface area contributed by atoms with E-state index >= 15 is 0 Å². The normalized spacial score (nSPS) is 21.1. The van der Waals surface area contributed by atoms with E-state index in [1.165, 1.54) is 12.8 Å². The van der Waals surface area contributed by atoms with Gasteiger partial charge in [0.2, 0.25) is 0 Å². The number of nitrogens with zero attached hydrogens (tertiary/aromatic N) is 5. The van der Waals surface area contributed by atoms with Crippen LogP contribution in [-0.4, -0.2) is 72.1 Å². The molecule has 1 unspecified atom stereocenters. The van der Waals surface area contributed by atoms with Crippen molar-refractivity contribution in [2.75, 3.05) is 46.4 Å². The zero-order valence-corrected chi connectivity index (χ0v) is 19.8. The Morgan fingerprint density at radius 3 is 2.75 bits per heavy atom. The van der Waals surface area contributed by atoms with Crippen LogP contribution in [0.25, 0.3) is 0 Å². The molecule has 1 aromatic rings. The summed E-state index contributed by atoms with van der Waals surface area (Å²) in [5.74, 6) is 3.45. The summed E-state index contributed by atoms with van der Waals surface area (Å²) in [6.07, 6.45) is 4.61. The van der Waals surface area contributed by atoms with E-state index in [0.29, 0.717) is 5.92 Å². The van der Waals surface area contributed by atoms with Crippen molar-refractivity contribution in [1.82, 2.24) is 30.3 Å². The molecule has 0 aromatic carbocycles. The summed E-state index contributed by atoms with van der Waals surface area (Å²) >= 11 is 0. The molecule has 160 valence electrons. The predicted octanol–water partition coefficient (Wildman–Crippen LogP) is 1.95. The van der Waals surface area contributed by atoms with Crippen LogP contribution in [0.15, 0.2) is 4.99 Å². The van der Waals surface area contributed by atoms with Crippen LogP contribution >= 0.6 is 24.0 Å². The lowest BCUT2D eigenvalue weighted by atomic mass is 9.97. The van der Waals surface area contributed by atoms with Crippen LogP contribution in [0.4, 0.5) is 0 Å². The molecule has 0 bridgehead atoms. The van der Waals surface area contributed by atoms with E-state index in [1.807, 2.05) is 11.6 Å². The number of guanidine groups is 1. The van der Waals surface area contributed by atoms with E-state index in [0.717, 1.165) is 76.3 Å². The first-order valence-electron chi connectivity index (χ1n) is 10.4. The minimum atomic E-state index is 0. The van der Waals surface area contributed by atoms with Gasteiger partial charge in [-0.2, -0.15) is 5.10 Å². The summed E-state index contributed by atoms with van der Waals surface area (Å²) in [7, 11) is 1.77. The van der Waals surface area contributed by atoms with Crippen LogP contribution in [0.1, 0.15) is 50.3 Å². The Kier molecular flexibility index (Phi) is 9.93. The Labute approximate surface area is 185 Å². The molecule has 28 heavy (non-hydrogen) atoms. The van der Waals surface area contributed by atoms with Crippen molar-refractivity contribution in [2.24, 2.45) is 10.9 Å². The fourth-order valence-corrected chi connectivity index (χ4v) is 3.92. The average molecular weight is 505 g/mol. The number of hydrogen-bond acceptors (Lipinski definition) is 5. The Bertz CT molecular complexity index is 613. The second-order valence-electron chi connectivity index (χ2n) is 7.58. The molecule has 1 fully saturated rings. The molecule has 0 radical (unpaired) electrons. The zero-order valence-electron chi connectivity index (χ0n) is 17.5. The van der Waals surface area contributed by atoms with E-state index in [-0.39, 0.29) is 30.0 Å². The highest BCUT2D eigenvalue weighted by atomic mass is 127. The van der Waals surface area contributed by atoms with Gasteiger partial charge in [0.25, 0.3) is 0 Å². The van der Waals surface area contributed by atoms with E-state index in [1.54, 1.807) is 7.11 Å². The van der Waals surface area contributed by atoms with Crippen LogP contribution in [-0.2, 0) is 11.3 Å². The first-order valence-corrected chi connectivity index (χ1v) is 10.4. The minimum Gasteiger partial charge on any atom is -0.383 e. The number of rotatable bonds is 7. The van der Waals surface area contributed by atoms with Crippen molar-refractivity contribution in [1.29, 1.82) is 0 Å². The average Bonchev–Trinajstić information content (AvgIpc) is 3.07. The second kappa shape index (κ2) is 11.9. The van der Waals surface area contributed by atoms with Crippen molar-refractivity contribution in [3.8, 4) is 0 Å². The molecule has 8 nitrogen and oxygen atoms in total. The van der Waals surface area contributed by atoms with Crippen molar-refractivity contribution >= 4 is 29.9 Å². The van der Waals surface area contributed by atoms with Crippen LogP contribution in [0.3, 0.4) is 0 Å². The molecular formula is C19H36IN7O. The van der Waals surface area contributed by atoms with E-state index < -0.39 is 0 Å². The SMILES string of the molecule is CCNC(=NCC1CCN(CCOC)CC1)NC1CCCn2nc(C)nc21.I. The van der Waals surface area contributed by atoms with E-state index in [4.69, 9.17) is 9.73 Å². The maximum atomic E-state index is 5.18. The topological polar surface area (TPSA) is 79.6 Å². The Morgan fingerprint density at radius 1 is 1.25 bits per heavy atom. The van der Waals surface area contributed by atoms with E-state index in [2.05, 4.69) is 32.5 Å². The lowest BCUT2D eigenvalue weighted by Crippen LogP contribution is -2.42. The van der Waals surface area contributed by atoms with Gasteiger partial charge in [0, 0.05) is 33.3 Å². The van der Waals surface area contributed by atoms with Gasteiger partial charge in [0.1, 0.15) is 11.6 Å². The van der Waals surface area contributed by atoms with Crippen molar-refractivity contribution in [2.45, 2.75) is 52.1 Å². The van der Waals surface area contributed by atoms with Gasteiger partial charge in [0.15, 0.2) is 5.96 Å². The number of aryl methyl sites for hydroxylation is 2. The van der Waals surface area contributed by atoms with Gasteiger partial charge in [-0.3, -0.25) is 4.99 Å². The summed E-state index contributed by atoms with van der Waals surface area (Å²) in [5, 5.41) is 11.5. The molecule has 9 heteroatoms. The van der Waals surface area contributed by atoms with Crippen LogP contribution in [0.2, 0.25) is 0 Å². The fraction of sp³-hybridized carbons (Fsp3) is 0.842. The van der Waals surface area contributed by atoms with Gasteiger partial charge in [-0.05, 0) is 58.5 Å². The number of aromatic nitrogens is 3. The third-order valence-electron chi connectivity index (χ3n) is 5.46. The number of likely N-dealkylation sites (tertiary alicyclic amines) is 1. The molecule has 3 rings (SSSR count). The molecule has 2 aliphatic rings. The Balaban J connectivity index is 0.00000280. The number of ether oxygens (including phenoxy) is 1.